The first-order chi connectivity index (χ1) is 17.4. The molecule has 0 aliphatic carbocycles. The minimum absolute atomic E-state index is 0.00223. The summed E-state index contributed by atoms with van der Waals surface area (Å²) in [6, 6.07) is 15.5. The van der Waals surface area contributed by atoms with Crippen molar-refractivity contribution in [1.29, 1.82) is 0 Å². The molecular formula is C24H25Cl2N3O6S2. The van der Waals surface area contributed by atoms with Crippen molar-refractivity contribution in [2.24, 2.45) is 0 Å². The Hall–Kier alpha value is -2.83. The van der Waals surface area contributed by atoms with E-state index in [1.165, 1.54) is 55.6 Å². The molecule has 0 saturated carbocycles. The van der Waals surface area contributed by atoms with Crippen molar-refractivity contribution in [2.75, 3.05) is 23.3 Å². The minimum atomic E-state index is -4.25. The SMILES string of the molecule is COc1ccc(S(=O)(=O)NC(C)C)cc1NC(=O)CN(c1cccc(Cl)c1Cl)S(=O)(=O)c1ccccc1. The van der Waals surface area contributed by atoms with Gasteiger partial charge in [0, 0.05) is 6.04 Å². The van der Waals surface area contributed by atoms with Crippen molar-refractivity contribution >= 4 is 60.5 Å². The highest BCUT2D eigenvalue weighted by molar-refractivity contribution is 7.93. The number of methoxy groups -OCH3 is 1. The summed E-state index contributed by atoms with van der Waals surface area (Å²) in [6.07, 6.45) is 0. The fraction of sp³-hybridized carbons (Fsp3) is 0.208. The molecule has 198 valence electrons. The Bertz CT molecular complexity index is 1500. The maximum absolute atomic E-state index is 13.5. The van der Waals surface area contributed by atoms with E-state index in [1.807, 2.05) is 0 Å². The van der Waals surface area contributed by atoms with Crippen molar-refractivity contribution < 1.29 is 26.4 Å². The van der Waals surface area contributed by atoms with E-state index in [4.69, 9.17) is 27.9 Å². The molecule has 3 aromatic rings. The van der Waals surface area contributed by atoms with Gasteiger partial charge < -0.3 is 10.1 Å². The molecule has 0 heterocycles. The van der Waals surface area contributed by atoms with Gasteiger partial charge in [0.05, 0.1) is 38.3 Å². The zero-order valence-electron chi connectivity index (χ0n) is 20.1. The largest absolute Gasteiger partial charge is 0.495 e. The minimum Gasteiger partial charge on any atom is -0.495 e. The van der Waals surface area contributed by atoms with E-state index in [0.29, 0.717) is 0 Å². The molecule has 37 heavy (non-hydrogen) atoms. The summed E-state index contributed by atoms with van der Waals surface area (Å²) in [5.41, 5.74) is 0.0333. The highest BCUT2D eigenvalue weighted by Gasteiger charge is 2.30. The Morgan fingerprint density at radius 2 is 1.62 bits per heavy atom. The van der Waals surface area contributed by atoms with Gasteiger partial charge in [0.2, 0.25) is 15.9 Å². The van der Waals surface area contributed by atoms with E-state index in [2.05, 4.69) is 10.0 Å². The predicted molar refractivity (Wildman–Crippen MR) is 145 cm³/mol. The second-order valence-electron chi connectivity index (χ2n) is 8.08. The van der Waals surface area contributed by atoms with Crippen LogP contribution >= 0.6 is 23.2 Å². The van der Waals surface area contributed by atoms with Gasteiger partial charge in [-0.25, -0.2) is 21.6 Å². The topological polar surface area (TPSA) is 122 Å². The first kappa shape index (κ1) is 28.7. The number of carbonyl (C=O) groups excluding carboxylic acids is 1. The molecule has 0 spiro atoms. The van der Waals surface area contributed by atoms with Gasteiger partial charge >= 0.3 is 0 Å². The summed E-state index contributed by atoms with van der Waals surface area (Å²) >= 11 is 12.4. The summed E-state index contributed by atoms with van der Waals surface area (Å²) in [7, 11) is -6.77. The summed E-state index contributed by atoms with van der Waals surface area (Å²) in [4.78, 5) is 13.0. The van der Waals surface area contributed by atoms with Crippen LogP contribution in [0.15, 0.2) is 76.5 Å². The summed E-state index contributed by atoms with van der Waals surface area (Å²) in [5, 5.41) is 2.59. The molecule has 0 atom stereocenters. The molecule has 0 bridgehead atoms. The molecule has 0 aliphatic rings. The van der Waals surface area contributed by atoms with Gasteiger partial charge in [-0.05, 0) is 56.3 Å². The predicted octanol–water partition coefficient (Wildman–Crippen LogP) is 4.52. The quantitative estimate of drug-likeness (QED) is 0.360. The zero-order valence-corrected chi connectivity index (χ0v) is 23.2. The van der Waals surface area contributed by atoms with Crippen LogP contribution in [0.25, 0.3) is 0 Å². The maximum Gasteiger partial charge on any atom is 0.264 e. The monoisotopic (exact) mass is 585 g/mol. The summed E-state index contributed by atoms with van der Waals surface area (Å²) < 4.78 is 60.8. The first-order valence-electron chi connectivity index (χ1n) is 10.9. The van der Waals surface area contributed by atoms with E-state index >= 15 is 0 Å². The van der Waals surface area contributed by atoms with E-state index in [9.17, 15) is 21.6 Å². The number of ether oxygens (including phenoxy) is 1. The molecule has 3 aromatic carbocycles. The van der Waals surface area contributed by atoms with Crippen molar-refractivity contribution in [3.05, 3.63) is 76.8 Å². The van der Waals surface area contributed by atoms with Crippen molar-refractivity contribution in [2.45, 2.75) is 29.7 Å². The summed E-state index contributed by atoms with van der Waals surface area (Å²) in [5.74, 6) is -0.602. The Morgan fingerprint density at radius 3 is 2.24 bits per heavy atom. The number of sulfonamides is 2. The number of rotatable bonds is 10. The highest BCUT2D eigenvalue weighted by Crippen LogP contribution is 2.35. The third-order valence-corrected chi connectivity index (χ3v) is 9.20. The lowest BCUT2D eigenvalue weighted by atomic mass is 10.3. The number of amides is 1. The molecule has 0 aromatic heterocycles. The van der Waals surface area contributed by atoms with Gasteiger partial charge in [-0.2, -0.15) is 0 Å². The van der Waals surface area contributed by atoms with Crippen LogP contribution in [0, 0.1) is 0 Å². The number of hydrogen-bond acceptors (Lipinski definition) is 6. The van der Waals surface area contributed by atoms with Crippen LogP contribution in [0.5, 0.6) is 5.75 Å². The number of nitrogens with zero attached hydrogens (tertiary/aromatic N) is 1. The van der Waals surface area contributed by atoms with Gasteiger partial charge in [0.15, 0.2) is 0 Å². The molecule has 0 saturated heterocycles. The van der Waals surface area contributed by atoms with Crippen molar-refractivity contribution in [3.8, 4) is 5.75 Å². The van der Waals surface area contributed by atoms with E-state index < -0.39 is 32.5 Å². The zero-order chi connectivity index (χ0) is 27.4. The second-order valence-corrected chi connectivity index (χ2v) is 12.4. The van der Waals surface area contributed by atoms with Gasteiger partial charge in [-0.3, -0.25) is 9.10 Å². The Balaban J connectivity index is 2.01. The lowest BCUT2D eigenvalue weighted by Crippen LogP contribution is -2.38. The lowest BCUT2D eigenvalue weighted by molar-refractivity contribution is -0.114. The van der Waals surface area contributed by atoms with Crippen LogP contribution in [0.4, 0.5) is 11.4 Å². The molecular weight excluding hydrogens is 561 g/mol. The van der Waals surface area contributed by atoms with Crippen LogP contribution in [-0.4, -0.2) is 42.4 Å². The number of carbonyl (C=O) groups is 1. The molecule has 0 radical (unpaired) electrons. The van der Waals surface area contributed by atoms with Crippen molar-refractivity contribution in [3.63, 3.8) is 0 Å². The Labute approximate surface area is 226 Å². The number of hydrogen-bond donors (Lipinski definition) is 2. The molecule has 0 aliphatic heterocycles. The average Bonchev–Trinajstić information content (AvgIpc) is 2.84. The molecule has 9 nitrogen and oxygen atoms in total. The molecule has 0 unspecified atom stereocenters. The third-order valence-electron chi connectivity index (χ3n) is 4.96. The average molecular weight is 587 g/mol. The normalized spacial score (nSPS) is 11.8. The van der Waals surface area contributed by atoms with Gasteiger partial charge in [0.25, 0.3) is 10.0 Å². The standard InChI is InChI=1S/C24H25Cl2N3O6S2/c1-16(2)28-36(31,32)18-12-13-22(35-3)20(14-18)27-23(30)15-29(21-11-7-10-19(25)24(21)26)37(33,34)17-8-5-4-6-9-17/h4-14,16,28H,15H2,1-3H3,(H,27,30). The smallest absolute Gasteiger partial charge is 0.264 e. The number of nitrogens with one attached hydrogen (secondary N) is 2. The van der Waals surface area contributed by atoms with Gasteiger partial charge in [0.1, 0.15) is 12.3 Å². The molecule has 3 rings (SSSR count). The number of anilines is 2. The van der Waals surface area contributed by atoms with Crippen molar-refractivity contribution in [1.82, 2.24) is 4.72 Å². The Kier molecular flexibility index (Phi) is 9.09. The first-order valence-corrected chi connectivity index (χ1v) is 14.6. The van der Waals surface area contributed by atoms with Crippen LogP contribution in [-0.2, 0) is 24.8 Å². The van der Waals surface area contributed by atoms with E-state index in [0.717, 1.165) is 4.31 Å². The van der Waals surface area contributed by atoms with Crippen LogP contribution in [0.3, 0.4) is 0 Å². The van der Waals surface area contributed by atoms with E-state index in [1.54, 1.807) is 32.0 Å². The molecule has 1 amide bonds. The number of halogens is 2. The lowest BCUT2D eigenvalue weighted by Gasteiger charge is -2.25. The van der Waals surface area contributed by atoms with Gasteiger partial charge in [-0.15, -0.1) is 0 Å². The van der Waals surface area contributed by atoms with Gasteiger partial charge in [-0.1, -0.05) is 47.5 Å². The fourth-order valence-corrected chi connectivity index (χ4v) is 6.53. The molecule has 13 heteroatoms. The third kappa shape index (κ3) is 6.74. The van der Waals surface area contributed by atoms with Crippen LogP contribution < -0.4 is 19.1 Å². The molecule has 2 N–H and O–H groups in total. The van der Waals surface area contributed by atoms with Crippen LogP contribution in [0.2, 0.25) is 10.0 Å². The van der Waals surface area contributed by atoms with E-state index in [-0.39, 0.29) is 43.0 Å². The Morgan fingerprint density at radius 1 is 0.946 bits per heavy atom. The fourth-order valence-electron chi connectivity index (χ4n) is 3.35. The summed E-state index contributed by atoms with van der Waals surface area (Å²) in [6.45, 7) is 2.65. The second kappa shape index (κ2) is 11.7. The van der Waals surface area contributed by atoms with Crippen LogP contribution in [0.1, 0.15) is 13.8 Å². The highest BCUT2D eigenvalue weighted by atomic mass is 35.5. The maximum atomic E-state index is 13.5. The number of benzene rings is 3. The molecule has 0 fully saturated rings.